The number of aryl methyl sites for hydroxylation is 1. The average Bonchev–Trinajstić information content (AvgIpc) is 3.04. The first-order chi connectivity index (χ1) is 12.7. The lowest BCUT2D eigenvalue weighted by molar-refractivity contribution is 0.0398. The monoisotopic (exact) mass is 372 g/mol. The Kier molecular flexibility index (Phi) is 5.06. The van der Waals surface area contributed by atoms with Crippen molar-refractivity contribution in [2.45, 2.75) is 6.92 Å². The number of hydrogen-bond donors (Lipinski definition) is 1. The lowest BCUT2D eigenvalue weighted by Gasteiger charge is -2.26. The number of anilines is 1. The van der Waals surface area contributed by atoms with Gasteiger partial charge in [-0.2, -0.15) is 0 Å². The lowest BCUT2D eigenvalue weighted by atomic mass is 10.1. The molecule has 0 aliphatic carbocycles. The first-order valence-electron chi connectivity index (χ1n) is 8.77. The number of aromatic nitrogens is 2. The van der Waals surface area contributed by atoms with Gasteiger partial charge in [0.1, 0.15) is 11.2 Å². The largest absolute Gasteiger partial charge is 0.381 e. The molecule has 0 radical (unpaired) electrons. The van der Waals surface area contributed by atoms with Gasteiger partial charge in [-0.05, 0) is 25.1 Å². The molecule has 136 valence electrons. The van der Waals surface area contributed by atoms with Crippen molar-refractivity contribution in [2.24, 2.45) is 0 Å². The van der Waals surface area contributed by atoms with Crippen LogP contribution in [-0.2, 0) is 4.74 Å². The SMILES string of the molecule is Cc1noc2c(NCCN3CCOCC3)cc(-c3ccc(Cl)cc3)nc12. The third kappa shape index (κ3) is 3.67. The molecule has 1 aliphatic rings. The van der Waals surface area contributed by atoms with Crippen LogP contribution in [0, 0.1) is 6.92 Å². The second kappa shape index (κ2) is 7.61. The van der Waals surface area contributed by atoms with Crippen molar-refractivity contribution >= 4 is 28.4 Å². The van der Waals surface area contributed by atoms with Crippen molar-refractivity contribution in [3.63, 3.8) is 0 Å². The molecule has 0 atom stereocenters. The van der Waals surface area contributed by atoms with E-state index < -0.39 is 0 Å². The molecule has 2 aromatic heterocycles. The van der Waals surface area contributed by atoms with E-state index in [4.69, 9.17) is 25.8 Å². The topological polar surface area (TPSA) is 63.4 Å². The van der Waals surface area contributed by atoms with Crippen molar-refractivity contribution in [1.82, 2.24) is 15.0 Å². The average molecular weight is 373 g/mol. The number of fused-ring (bicyclic) bond motifs is 1. The van der Waals surface area contributed by atoms with E-state index >= 15 is 0 Å². The molecule has 0 amide bonds. The highest BCUT2D eigenvalue weighted by Crippen LogP contribution is 2.30. The van der Waals surface area contributed by atoms with E-state index in [1.54, 1.807) is 0 Å². The van der Waals surface area contributed by atoms with Gasteiger partial charge in [0.2, 0.25) is 5.58 Å². The van der Waals surface area contributed by atoms with Gasteiger partial charge in [-0.1, -0.05) is 28.9 Å². The molecular weight excluding hydrogens is 352 g/mol. The molecule has 6 nitrogen and oxygen atoms in total. The maximum Gasteiger partial charge on any atom is 0.208 e. The third-order valence-corrected chi connectivity index (χ3v) is 4.83. The van der Waals surface area contributed by atoms with Crippen LogP contribution in [0.25, 0.3) is 22.4 Å². The fraction of sp³-hybridized carbons (Fsp3) is 0.368. The Morgan fingerprint density at radius 1 is 1.19 bits per heavy atom. The summed E-state index contributed by atoms with van der Waals surface area (Å²) < 4.78 is 10.9. The molecule has 0 saturated carbocycles. The van der Waals surface area contributed by atoms with E-state index in [1.807, 2.05) is 37.3 Å². The molecule has 7 heteroatoms. The molecule has 26 heavy (non-hydrogen) atoms. The van der Waals surface area contributed by atoms with Crippen LogP contribution in [-0.4, -0.2) is 54.4 Å². The number of morpholine rings is 1. The molecule has 0 unspecified atom stereocenters. The van der Waals surface area contributed by atoms with Crippen LogP contribution in [0.15, 0.2) is 34.9 Å². The number of halogens is 1. The maximum absolute atomic E-state index is 6.00. The third-order valence-electron chi connectivity index (χ3n) is 4.58. The van der Waals surface area contributed by atoms with Crippen LogP contribution in [0.1, 0.15) is 5.69 Å². The highest BCUT2D eigenvalue weighted by atomic mass is 35.5. The van der Waals surface area contributed by atoms with E-state index in [1.165, 1.54) is 0 Å². The Labute approximate surface area is 157 Å². The highest BCUT2D eigenvalue weighted by molar-refractivity contribution is 6.30. The number of pyridine rings is 1. The zero-order valence-corrected chi connectivity index (χ0v) is 15.4. The molecule has 1 fully saturated rings. The number of ether oxygens (including phenoxy) is 1. The minimum absolute atomic E-state index is 0.696. The normalized spacial score (nSPS) is 15.5. The summed E-state index contributed by atoms with van der Waals surface area (Å²) in [5, 5.41) is 8.27. The minimum atomic E-state index is 0.696. The summed E-state index contributed by atoms with van der Waals surface area (Å²) in [6.07, 6.45) is 0. The smallest absolute Gasteiger partial charge is 0.208 e. The summed E-state index contributed by atoms with van der Waals surface area (Å²) in [5.74, 6) is 0. The van der Waals surface area contributed by atoms with Gasteiger partial charge in [-0.3, -0.25) is 4.90 Å². The zero-order valence-electron chi connectivity index (χ0n) is 14.7. The van der Waals surface area contributed by atoms with Crippen molar-refractivity contribution < 1.29 is 9.26 Å². The zero-order chi connectivity index (χ0) is 17.9. The Hall–Kier alpha value is -2.15. The molecule has 1 aromatic carbocycles. The first-order valence-corrected chi connectivity index (χ1v) is 9.15. The molecule has 1 N–H and O–H groups in total. The summed E-state index contributed by atoms with van der Waals surface area (Å²) in [4.78, 5) is 7.12. The lowest BCUT2D eigenvalue weighted by Crippen LogP contribution is -2.39. The van der Waals surface area contributed by atoms with Gasteiger partial charge in [-0.15, -0.1) is 0 Å². The fourth-order valence-electron chi connectivity index (χ4n) is 3.10. The summed E-state index contributed by atoms with van der Waals surface area (Å²) in [5.41, 5.74) is 5.05. The van der Waals surface area contributed by atoms with Gasteiger partial charge in [0.05, 0.1) is 24.6 Å². The Morgan fingerprint density at radius 2 is 1.96 bits per heavy atom. The van der Waals surface area contributed by atoms with Crippen molar-refractivity contribution in [1.29, 1.82) is 0 Å². The molecule has 0 spiro atoms. The second-order valence-electron chi connectivity index (χ2n) is 6.39. The molecule has 4 rings (SSSR count). The number of nitrogens with zero attached hydrogens (tertiary/aromatic N) is 3. The van der Waals surface area contributed by atoms with Crippen LogP contribution in [0.5, 0.6) is 0 Å². The van der Waals surface area contributed by atoms with Crippen LogP contribution in [0.2, 0.25) is 5.02 Å². The molecule has 3 aromatic rings. The molecule has 0 bridgehead atoms. The van der Waals surface area contributed by atoms with Gasteiger partial charge in [0.25, 0.3) is 0 Å². The molecular formula is C19H21ClN4O2. The Morgan fingerprint density at radius 3 is 2.73 bits per heavy atom. The van der Waals surface area contributed by atoms with Crippen LogP contribution >= 0.6 is 11.6 Å². The van der Waals surface area contributed by atoms with Crippen LogP contribution in [0.3, 0.4) is 0 Å². The maximum atomic E-state index is 6.00. The van der Waals surface area contributed by atoms with Gasteiger partial charge < -0.3 is 14.6 Å². The summed E-state index contributed by atoms with van der Waals surface area (Å²) >= 11 is 6.00. The van der Waals surface area contributed by atoms with Gasteiger partial charge >= 0.3 is 0 Å². The van der Waals surface area contributed by atoms with E-state index in [-0.39, 0.29) is 0 Å². The highest BCUT2D eigenvalue weighted by Gasteiger charge is 2.15. The number of benzene rings is 1. The van der Waals surface area contributed by atoms with Crippen LogP contribution < -0.4 is 5.32 Å². The minimum Gasteiger partial charge on any atom is -0.381 e. The van der Waals surface area contributed by atoms with E-state index in [9.17, 15) is 0 Å². The van der Waals surface area contributed by atoms with E-state index in [2.05, 4.69) is 15.4 Å². The standard InChI is InChI=1S/C19H21ClN4O2/c1-13-18-19(26-23-13)17(21-6-7-24-8-10-25-11-9-24)12-16(22-18)14-2-4-15(20)5-3-14/h2-5,12H,6-11H2,1H3,(H,21,22). The molecule has 1 saturated heterocycles. The summed E-state index contributed by atoms with van der Waals surface area (Å²) in [6, 6.07) is 9.69. The molecule has 3 heterocycles. The van der Waals surface area contributed by atoms with Crippen LogP contribution in [0.4, 0.5) is 5.69 Å². The number of rotatable bonds is 5. The summed E-state index contributed by atoms with van der Waals surface area (Å²) in [7, 11) is 0. The van der Waals surface area contributed by atoms with Gasteiger partial charge in [-0.25, -0.2) is 4.98 Å². The van der Waals surface area contributed by atoms with Crippen molar-refractivity contribution in [3.8, 4) is 11.3 Å². The second-order valence-corrected chi connectivity index (χ2v) is 6.82. The van der Waals surface area contributed by atoms with E-state index in [0.29, 0.717) is 10.6 Å². The predicted molar refractivity (Wildman–Crippen MR) is 103 cm³/mol. The molecule has 1 aliphatic heterocycles. The summed E-state index contributed by atoms with van der Waals surface area (Å²) in [6.45, 7) is 7.25. The Bertz CT molecular complexity index is 888. The van der Waals surface area contributed by atoms with Gasteiger partial charge in [0.15, 0.2) is 0 Å². The predicted octanol–water partition coefficient (Wildman–Crippen LogP) is 3.60. The quantitative estimate of drug-likeness (QED) is 0.738. The van der Waals surface area contributed by atoms with Gasteiger partial charge in [0, 0.05) is 36.8 Å². The fourth-order valence-corrected chi connectivity index (χ4v) is 3.23. The first kappa shape index (κ1) is 17.3. The van der Waals surface area contributed by atoms with Crippen molar-refractivity contribution in [2.75, 3.05) is 44.7 Å². The number of nitrogens with one attached hydrogen (secondary N) is 1. The Balaban J connectivity index is 1.59. The number of hydrogen-bond acceptors (Lipinski definition) is 6. The van der Waals surface area contributed by atoms with E-state index in [0.717, 1.165) is 67.5 Å². The van der Waals surface area contributed by atoms with Crippen molar-refractivity contribution in [3.05, 3.63) is 41.0 Å².